The highest BCUT2D eigenvalue weighted by atomic mass is 16.5. The van der Waals surface area contributed by atoms with E-state index in [-0.39, 0.29) is 5.56 Å². The lowest BCUT2D eigenvalue weighted by Gasteiger charge is -2.31. The fourth-order valence-electron chi connectivity index (χ4n) is 4.51. The number of aromatic carboxylic acids is 1. The molecule has 0 bridgehead atoms. The van der Waals surface area contributed by atoms with Gasteiger partial charge in [-0.1, -0.05) is 30.3 Å². The number of carboxylic acids is 1. The van der Waals surface area contributed by atoms with Crippen molar-refractivity contribution in [3.63, 3.8) is 0 Å². The van der Waals surface area contributed by atoms with E-state index in [0.717, 1.165) is 32.5 Å². The van der Waals surface area contributed by atoms with Gasteiger partial charge in [-0.05, 0) is 69.5 Å². The van der Waals surface area contributed by atoms with Crippen LogP contribution in [-0.4, -0.2) is 46.8 Å². The van der Waals surface area contributed by atoms with E-state index in [1.807, 2.05) is 0 Å². The summed E-state index contributed by atoms with van der Waals surface area (Å²) < 4.78 is 8.17. The van der Waals surface area contributed by atoms with E-state index in [9.17, 15) is 9.90 Å². The van der Waals surface area contributed by atoms with Crippen LogP contribution in [0.25, 0.3) is 10.9 Å². The van der Waals surface area contributed by atoms with Gasteiger partial charge in [0.1, 0.15) is 17.9 Å². The summed E-state index contributed by atoms with van der Waals surface area (Å²) in [5.41, 5.74) is 3.03. The second-order valence-electron chi connectivity index (χ2n) is 8.37. The summed E-state index contributed by atoms with van der Waals surface area (Å²) in [6, 6.07) is 16.0. The lowest BCUT2D eigenvalue weighted by atomic mass is 9.89. The van der Waals surface area contributed by atoms with Crippen LogP contribution >= 0.6 is 0 Å². The molecule has 1 N–H and O–H groups in total. The van der Waals surface area contributed by atoms with E-state index in [0.29, 0.717) is 24.3 Å². The van der Waals surface area contributed by atoms with E-state index in [1.54, 1.807) is 24.3 Å². The third kappa shape index (κ3) is 4.21. The Kier molecular flexibility index (Phi) is 6.09. The second-order valence-corrected chi connectivity index (χ2v) is 8.37. The summed E-state index contributed by atoms with van der Waals surface area (Å²) >= 11 is 0. The predicted octanol–water partition coefficient (Wildman–Crippen LogP) is 5.18. The van der Waals surface area contributed by atoms with Crippen molar-refractivity contribution >= 4 is 16.9 Å². The van der Waals surface area contributed by atoms with Crippen molar-refractivity contribution in [2.24, 2.45) is 0 Å². The number of carbonyl (C=O) groups is 1. The maximum absolute atomic E-state index is 11.3. The number of nitrogens with zero attached hydrogens (tertiary/aromatic N) is 2. The molecule has 0 aliphatic carbocycles. The minimum Gasteiger partial charge on any atom is -0.491 e. The Morgan fingerprint density at radius 2 is 1.80 bits per heavy atom. The second kappa shape index (κ2) is 8.92. The van der Waals surface area contributed by atoms with Crippen LogP contribution in [0.5, 0.6) is 5.75 Å². The van der Waals surface area contributed by atoms with Crippen LogP contribution in [-0.2, 0) is 0 Å². The first-order valence-electron chi connectivity index (χ1n) is 10.8. The number of hydrogen-bond acceptors (Lipinski definition) is 3. The molecule has 1 aliphatic rings. The molecule has 0 spiro atoms. The van der Waals surface area contributed by atoms with Crippen LogP contribution in [0.1, 0.15) is 54.6 Å². The van der Waals surface area contributed by atoms with Crippen molar-refractivity contribution in [2.75, 3.05) is 26.2 Å². The maximum Gasteiger partial charge on any atom is 0.339 e. The first-order chi connectivity index (χ1) is 14.5. The van der Waals surface area contributed by atoms with Gasteiger partial charge in [-0.2, -0.15) is 0 Å². The van der Waals surface area contributed by atoms with Crippen molar-refractivity contribution in [1.82, 2.24) is 9.47 Å². The predicted molar refractivity (Wildman–Crippen MR) is 120 cm³/mol. The molecule has 0 atom stereocenters. The first kappa shape index (κ1) is 20.5. The quantitative estimate of drug-likeness (QED) is 0.587. The van der Waals surface area contributed by atoms with Gasteiger partial charge in [0.2, 0.25) is 0 Å². The molecule has 1 aromatic heterocycles. The molecule has 2 heterocycles. The molecule has 1 fully saturated rings. The number of aromatic nitrogens is 1. The number of benzene rings is 2. The Hall–Kier alpha value is -2.79. The van der Waals surface area contributed by atoms with Gasteiger partial charge in [0.15, 0.2) is 0 Å². The zero-order valence-electron chi connectivity index (χ0n) is 17.8. The molecule has 158 valence electrons. The topological polar surface area (TPSA) is 54.7 Å². The van der Waals surface area contributed by atoms with Crippen LogP contribution < -0.4 is 4.74 Å². The summed E-state index contributed by atoms with van der Waals surface area (Å²) in [4.78, 5) is 13.7. The molecule has 0 saturated carbocycles. The molecule has 0 unspecified atom stereocenters. The molecule has 5 heteroatoms. The van der Waals surface area contributed by atoms with Crippen molar-refractivity contribution in [3.8, 4) is 5.75 Å². The van der Waals surface area contributed by atoms with E-state index in [1.165, 1.54) is 16.5 Å². The van der Waals surface area contributed by atoms with Crippen LogP contribution in [0.4, 0.5) is 0 Å². The van der Waals surface area contributed by atoms with Crippen LogP contribution in [0, 0.1) is 0 Å². The molecule has 0 amide bonds. The summed E-state index contributed by atoms with van der Waals surface area (Å²) in [5, 5.41) is 10.7. The van der Waals surface area contributed by atoms with Crippen LogP contribution in [0.15, 0.2) is 54.7 Å². The highest BCUT2D eigenvalue weighted by Gasteiger charge is 2.24. The lowest BCUT2D eigenvalue weighted by Crippen LogP contribution is -2.35. The third-order valence-electron chi connectivity index (χ3n) is 6.14. The van der Waals surface area contributed by atoms with Crippen molar-refractivity contribution in [2.45, 2.75) is 38.6 Å². The Balaban J connectivity index is 1.35. The zero-order valence-corrected chi connectivity index (χ0v) is 17.8. The normalized spacial score (nSPS) is 15.7. The zero-order chi connectivity index (χ0) is 21.1. The number of piperidine rings is 1. The van der Waals surface area contributed by atoms with Gasteiger partial charge in [0.25, 0.3) is 0 Å². The Morgan fingerprint density at radius 1 is 1.10 bits per heavy atom. The molecule has 4 rings (SSSR count). The fraction of sp³-hybridized carbons (Fsp3) is 0.400. The Morgan fingerprint density at radius 3 is 2.53 bits per heavy atom. The molecule has 1 aliphatic heterocycles. The summed E-state index contributed by atoms with van der Waals surface area (Å²) in [6.07, 6.45) is 4.64. The third-order valence-corrected chi connectivity index (χ3v) is 6.14. The molecule has 0 radical (unpaired) electrons. The van der Waals surface area contributed by atoms with Gasteiger partial charge in [-0.15, -0.1) is 0 Å². The monoisotopic (exact) mass is 406 g/mol. The molecule has 2 aromatic carbocycles. The molecular formula is C25H30N2O3. The smallest absolute Gasteiger partial charge is 0.339 e. The van der Waals surface area contributed by atoms with E-state index >= 15 is 0 Å². The summed E-state index contributed by atoms with van der Waals surface area (Å²) in [6.45, 7) is 7.87. The average molecular weight is 407 g/mol. The highest BCUT2D eigenvalue weighted by Crippen LogP contribution is 2.35. The van der Waals surface area contributed by atoms with E-state index < -0.39 is 5.97 Å². The summed E-state index contributed by atoms with van der Waals surface area (Å²) in [7, 11) is 0. The first-order valence-corrected chi connectivity index (χ1v) is 10.8. The molecular weight excluding hydrogens is 376 g/mol. The van der Waals surface area contributed by atoms with Gasteiger partial charge in [0.05, 0.1) is 0 Å². The molecule has 1 saturated heterocycles. The number of likely N-dealkylation sites (tertiary alicyclic amines) is 1. The number of fused-ring (bicyclic) bond motifs is 1. The Labute approximate surface area is 177 Å². The van der Waals surface area contributed by atoms with Crippen LogP contribution in [0.3, 0.4) is 0 Å². The number of hydrogen-bond donors (Lipinski definition) is 1. The number of carboxylic acid groups (broad SMARTS) is 1. The minimum absolute atomic E-state index is 0.220. The SMILES string of the molecule is CC(C)n1cc(C2CCN(CCOc3ccccc3C(=O)O)CC2)c2ccccc21. The van der Waals surface area contributed by atoms with Gasteiger partial charge in [-0.3, -0.25) is 4.90 Å². The van der Waals surface area contributed by atoms with Crippen molar-refractivity contribution < 1.29 is 14.6 Å². The fourth-order valence-corrected chi connectivity index (χ4v) is 4.51. The van der Waals surface area contributed by atoms with Gasteiger partial charge < -0.3 is 14.4 Å². The Bertz CT molecular complexity index is 1020. The molecule has 3 aromatic rings. The number of para-hydroxylation sites is 2. The summed E-state index contributed by atoms with van der Waals surface area (Å²) in [5.74, 6) is 0.0770. The minimum atomic E-state index is -0.952. The van der Waals surface area contributed by atoms with E-state index in [4.69, 9.17) is 4.74 Å². The van der Waals surface area contributed by atoms with Crippen molar-refractivity contribution in [1.29, 1.82) is 0 Å². The van der Waals surface area contributed by atoms with Gasteiger partial charge in [-0.25, -0.2) is 4.79 Å². The van der Waals surface area contributed by atoms with Crippen LogP contribution in [0.2, 0.25) is 0 Å². The van der Waals surface area contributed by atoms with Crippen molar-refractivity contribution in [3.05, 3.63) is 65.9 Å². The maximum atomic E-state index is 11.3. The lowest BCUT2D eigenvalue weighted by molar-refractivity contribution is 0.0691. The standard InChI is InChI=1S/C25H30N2O3/c1-18(2)27-17-22(20-7-3-5-9-23(20)27)19-11-13-26(14-12-19)15-16-30-24-10-6-4-8-21(24)25(28)29/h3-10,17-19H,11-16H2,1-2H3,(H,28,29). The average Bonchev–Trinajstić information content (AvgIpc) is 3.15. The largest absolute Gasteiger partial charge is 0.491 e. The molecule has 30 heavy (non-hydrogen) atoms. The van der Waals surface area contributed by atoms with Gasteiger partial charge >= 0.3 is 5.97 Å². The van der Waals surface area contributed by atoms with Gasteiger partial charge in [0, 0.05) is 29.7 Å². The number of rotatable bonds is 7. The number of ether oxygens (including phenoxy) is 1. The highest BCUT2D eigenvalue weighted by molar-refractivity contribution is 5.90. The molecule has 5 nitrogen and oxygen atoms in total. The van der Waals surface area contributed by atoms with E-state index in [2.05, 4.69) is 53.8 Å².